The summed E-state index contributed by atoms with van der Waals surface area (Å²) >= 11 is 0. The standard InChI is InChI=1S/C9H13FN2O2S/c1-6(2)15(13,14)12-9-4-3-7(11)5-8(9)10/h3-6,12H,11H2,1-2H3. The van der Waals surface area contributed by atoms with Crippen LogP contribution in [0.2, 0.25) is 0 Å². The third-order valence-electron chi connectivity index (χ3n) is 1.87. The van der Waals surface area contributed by atoms with E-state index in [-0.39, 0.29) is 11.4 Å². The van der Waals surface area contributed by atoms with Crippen LogP contribution in [0.4, 0.5) is 15.8 Å². The highest BCUT2D eigenvalue weighted by molar-refractivity contribution is 7.93. The average molecular weight is 232 g/mol. The molecule has 0 saturated heterocycles. The SMILES string of the molecule is CC(C)S(=O)(=O)Nc1ccc(N)cc1F. The van der Waals surface area contributed by atoms with Crippen molar-refractivity contribution in [2.45, 2.75) is 19.1 Å². The fourth-order valence-electron chi connectivity index (χ4n) is 0.885. The molecule has 1 aromatic carbocycles. The maximum absolute atomic E-state index is 13.2. The lowest BCUT2D eigenvalue weighted by Crippen LogP contribution is -2.23. The minimum absolute atomic E-state index is 0.0853. The summed E-state index contributed by atoms with van der Waals surface area (Å²) in [6.45, 7) is 3.02. The van der Waals surface area contributed by atoms with E-state index in [0.29, 0.717) is 0 Å². The van der Waals surface area contributed by atoms with Gasteiger partial charge in [0.2, 0.25) is 10.0 Å². The van der Waals surface area contributed by atoms with Crippen molar-refractivity contribution in [3.63, 3.8) is 0 Å². The highest BCUT2D eigenvalue weighted by Gasteiger charge is 2.17. The van der Waals surface area contributed by atoms with Gasteiger partial charge in [0, 0.05) is 5.69 Å². The van der Waals surface area contributed by atoms with E-state index in [2.05, 4.69) is 4.72 Å². The molecule has 15 heavy (non-hydrogen) atoms. The Morgan fingerprint density at radius 2 is 2.00 bits per heavy atom. The number of nitrogens with one attached hydrogen (secondary N) is 1. The first-order valence-electron chi connectivity index (χ1n) is 4.39. The monoisotopic (exact) mass is 232 g/mol. The van der Waals surface area contributed by atoms with Gasteiger partial charge in [-0.25, -0.2) is 12.8 Å². The van der Waals surface area contributed by atoms with Gasteiger partial charge in [-0.1, -0.05) is 0 Å². The number of nitrogens with two attached hydrogens (primary N) is 1. The third-order valence-corrected chi connectivity index (χ3v) is 3.61. The van der Waals surface area contributed by atoms with E-state index in [0.717, 1.165) is 6.07 Å². The maximum Gasteiger partial charge on any atom is 0.235 e. The lowest BCUT2D eigenvalue weighted by molar-refractivity contribution is 0.590. The van der Waals surface area contributed by atoms with Crippen molar-refractivity contribution < 1.29 is 12.8 Å². The molecule has 4 nitrogen and oxygen atoms in total. The summed E-state index contributed by atoms with van der Waals surface area (Å²) < 4.78 is 38.2. The smallest absolute Gasteiger partial charge is 0.235 e. The van der Waals surface area contributed by atoms with Gasteiger partial charge in [-0.05, 0) is 32.0 Å². The third kappa shape index (κ3) is 2.82. The second-order valence-electron chi connectivity index (χ2n) is 3.44. The number of anilines is 2. The Bertz CT molecular complexity index is 457. The number of rotatable bonds is 3. The van der Waals surface area contributed by atoms with Crippen molar-refractivity contribution in [1.82, 2.24) is 0 Å². The fourth-order valence-corrected chi connectivity index (χ4v) is 1.59. The molecule has 0 aliphatic rings. The molecule has 0 spiro atoms. The average Bonchev–Trinajstić information content (AvgIpc) is 2.09. The van der Waals surface area contributed by atoms with E-state index in [1.54, 1.807) is 0 Å². The van der Waals surface area contributed by atoms with Gasteiger partial charge in [-0.3, -0.25) is 4.72 Å². The molecule has 0 atom stereocenters. The summed E-state index contributed by atoms with van der Waals surface area (Å²) in [5.41, 5.74) is 5.50. The van der Waals surface area contributed by atoms with Gasteiger partial charge < -0.3 is 5.73 Å². The number of hydrogen-bond donors (Lipinski definition) is 2. The van der Waals surface area contributed by atoms with Crippen molar-refractivity contribution in [2.75, 3.05) is 10.5 Å². The molecule has 84 valence electrons. The van der Waals surface area contributed by atoms with Crippen LogP contribution in [0.25, 0.3) is 0 Å². The molecule has 0 aliphatic heterocycles. The maximum atomic E-state index is 13.2. The minimum atomic E-state index is -3.52. The number of hydrogen-bond acceptors (Lipinski definition) is 3. The lowest BCUT2D eigenvalue weighted by atomic mass is 10.3. The van der Waals surface area contributed by atoms with Crippen LogP contribution in [0.15, 0.2) is 18.2 Å². The first-order chi connectivity index (χ1) is 6.83. The highest BCUT2D eigenvalue weighted by atomic mass is 32.2. The van der Waals surface area contributed by atoms with Gasteiger partial charge in [0.25, 0.3) is 0 Å². The van der Waals surface area contributed by atoms with Crippen LogP contribution in [0.1, 0.15) is 13.8 Å². The quantitative estimate of drug-likeness (QED) is 0.777. The molecule has 0 unspecified atom stereocenters. The topological polar surface area (TPSA) is 72.2 Å². The lowest BCUT2D eigenvalue weighted by Gasteiger charge is -2.11. The molecule has 1 aromatic rings. The number of sulfonamides is 1. The first kappa shape index (κ1) is 11.8. The van der Waals surface area contributed by atoms with E-state index < -0.39 is 21.1 Å². The predicted molar refractivity (Wildman–Crippen MR) is 58.5 cm³/mol. The zero-order chi connectivity index (χ0) is 11.6. The molecular weight excluding hydrogens is 219 g/mol. The summed E-state index contributed by atoms with van der Waals surface area (Å²) in [7, 11) is -3.52. The summed E-state index contributed by atoms with van der Waals surface area (Å²) in [6, 6.07) is 3.80. The van der Waals surface area contributed by atoms with Crippen LogP contribution in [-0.4, -0.2) is 13.7 Å². The molecule has 0 aliphatic carbocycles. The predicted octanol–water partition coefficient (Wildman–Crippen LogP) is 1.56. The summed E-state index contributed by atoms with van der Waals surface area (Å²) in [5, 5.41) is -0.616. The molecule has 0 saturated carbocycles. The first-order valence-corrected chi connectivity index (χ1v) is 5.94. The van der Waals surface area contributed by atoms with E-state index in [1.807, 2.05) is 0 Å². The molecule has 0 fully saturated rings. The van der Waals surface area contributed by atoms with Crippen molar-refractivity contribution in [3.05, 3.63) is 24.0 Å². The molecule has 3 N–H and O–H groups in total. The zero-order valence-corrected chi connectivity index (χ0v) is 9.31. The van der Waals surface area contributed by atoms with Crippen molar-refractivity contribution in [1.29, 1.82) is 0 Å². The number of nitrogen functional groups attached to an aromatic ring is 1. The second kappa shape index (κ2) is 4.06. The highest BCUT2D eigenvalue weighted by Crippen LogP contribution is 2.19. The van der Waals surface area contributed by atoms with E-state index in [4.69, 9.17) is 5.73 Å². The summed E-state index contributed by atoms with van der Waals surface area (Å²) in [4.78, 5) is 0. The van der Waals surface area contributed by atoms with Gasteiger partial charge in [-0.2, -0.15) is 0 Å². The molecule has 0 aromatic heterocycles. The van der Waals surface area contributed by atoms with Gasteiger partial charge in [0.05, 0.1) is 10.9 Å². The molecule has 0 heterocycles. The second-order valence-corrected chi connectivity index (χ2v) is 5.67. The Hall–Kier alpha value is -1.30. The molecular formula is C9H13FN2O2S. The minimum Gasteiger partial charge on any atom is -0.399 e. The van der Waals surface area contributed by atoms with Crippen LogP contribution in [-0.2, 0) is 10.0 Å². The van der Waals surface area contributed by atoms with E-state index in [9.17, 15) is 12.8 Å². The van der Waals surface area contributed by atoms with Gasteiger partial charge in [-0.15, -0.1) is 0 Å². The largest absolute Gasteiger partial charge is 0.399 e. The van der Waals surface area contributed by atoms with Crippen LogP contribution >= 0.6 is 0 Å². The van der Waals surface area contributed by atoms with Crippen LogP contribution in [0.5, 0.6) is 0 Å². The molecule has 6 heteroatoms. The van der Waals surface area contributed by atoms with E-state index >= 15 is 0 Å². The molecule has 1 rings (SSSR count). The van der Waals surface area contributed by atoms with Crippen molar-refractivity contribution >= 4 is 21.4 Å². The molecule has 0 radical (unpaired) electrons. The number of benzene rings is 1. The Labute approximate surface area is 88.3 Å². The Morgan fingerprint density at radius 3 is 2.47 bits per heavy atom. The zero-order valence-electron chi connectivity index (χ0n) is 8.49. The molecule has 0 amide bonds. The Morgan fingerprint density at radius 1 is 1.40 bits per heavy atom. The van der Waals surface area contributed by atoms with Crippen LogP contribution in [0, 0.1) is 5.82 Å². The molecule has 0 bridgehead atoms. The fraction of sp³-hybridized carbons (Fsp3) is 0.333. The summed E-state index contributed by atoms with van der Waals surface area (Å²) in [5.74, 6) is -0.681. The van der Waals surface area contributed by atoms with Gasteiger partial charge in [0.15, 0.2) is 0 Å². The van der Waals surface area contributed by atoms with Crippen molar-refractivity contribution in [3.8, 4) is 0 Å². The summed E-state index contributed by atoms with van der Waals surface area (Å²) in [6.07, 6.45) is 0. The van der Waals surface area contributed by atoms with Crippen molar-refractivity contribution in [2.24, 2.45) is 0 Å². The van der Waals surface area contributed by atoms with Gasteiger partial charge >= 0.3 is 0 Å². The number of halogens is 1. The van der Waals surface area contributed by atoms with E-state index in [1.165, 1.54) is 26.0 Å². The van der Waals surface area contributed by atoms with Crippen LogP contribution in [0.3, 0.4) is 0 Å². The Balaban J connectivity index is 3.01. The van der Waals surface area contributed by atoms with Crippen LogP contribution < -0.4 is 10.5 Å². The Kier molecular flexibility index (Phi) is 3.18. The van der Waals surface area contributed by atoms with Gasteiger partial charge in [0.1, 0.15) is 5.82 Å². The normalized spacial score (nSPS) is 11.7.